The summed E-state index contributed by atoms with van der Waals surface area (Å²) >= 11 is 0. The number of hydrogen-bond donors (Lipinski definition) is 1. The van der Waals surface area contributed by atoms with E-state index in [2.05, 4.69) is 44.8 Å². The lowest BCUT2D eigenvalue weighted by Gasteiger charge is -2.13. The van der Waals surface area contributed by atoms with E-state index in [0.29, 0.717) is 6.04 Å². The number of unbranched alkanes of at least 4 members (excludes halogenated alkanes) is 1. The molecule has 0 aromatic carbocycles. The Bertz CT molecular complexity index is 159. The van der Waals surface area contributed by atoms with Crippen LogP contribution in [0.3, 0.4) is 0 Å². The zero-order valence-electron chi connectivity index (χ0n) is 9.27. The van der Waals surface area contributed by atoms with Crippen LogP contribution in [0.2, 0.25) is 0 Å². The second-order valence-electron chi connectivity index (χ2n) is 3.40. The number of hydrogen-bond acceptors (Lipinski definition) is 1. The minimum Gasteiger partial charge on any atom is -0.307 e. The first-order valence-corrected chi connectivity index (χ1v) is 5.28. The van der Waals surface area contributed by atoms with Crippen LogP contribution in [0.15, 0.2) is 24.3 Å². The summed E-state index contributed by atoms with van der Waals surface area (Å²) in [5.74, 6) is 0. The van der Waals surface area contributed by atoms with Gasteiger partial charge in [-0.15, -0.1) is 0 Å². The predicted molar refractivity (Wildman–Crippen MR) is 60.9 cm³/mol. The number of allylic oxidation sites excluding steroid dienone is 1. The fraction of sp³-hybridized carbons (Fsp3) is 0.667. The molecule has 76 valence electrons. The van der Waals surface area contributed by atoms with E-state index in [-0.39, 0.29) is 0 Å². The van der Waals surface area contributed by atoms with Crippen molar-refractivity contribution in [2.75, 3.05) is 6.54 Å². The first-order valence-electron chi connectivity index (χ1n) is 5.28. The van der Waals surface area contributed by atoms with Gasteiger partial charge in [0.25, 0.3) is 0 Å². The SMILES string of the molecule is C=C(CC)C(C)NC/C=C\CCC. The molecule has 0 amide bonds. The lowest BCUT2D eigenvalue weighted by Crippen LogP contribution is -2.27. The second kappa shape index (κ2) is 8.06. The van der Waals surface area contributed by atoms with Gasteiger partial charge in [-0.2, -0.15) is 0 Å². The standard InChI is InChI=1S/C12H23N/c1-5-7-8-9-10-13-12(4)11(3)6-2/h8-9,12-13H,3,5-7,10H2,1-2,4H3/b9-8-. The van der Waals surface area contributed by atoms with Crippen molar-refractivity contribution in [2.45, 2.75) is 46.1 Å². The van der Waals surface area contributed by atoms with Crippen molar-refractivity contribution >= 4 is 0 Å². The minimum absolute atomic E-state index is 0.441. The van der Waals surface area contributed by atoms with E-state index in [4.69, 9.17) is 0 Å². The third kappa shape index (κ3) is 6.59. The highest BCUT2D eigenvalue weighted by Gasteiger charge is 2.00. The van der Waals surface area contributed by atoms with Crippen LogP contribution in [0.25, 0.3) is 0 Å². The van der Waals surface area contributed by atoms with Gasteiger partial charge in [-0.25, -0.2) is 0 Å². The maximum absolute atomic E-state index is 4.00. The van der Waals surface area contributed by atoms with Crippen molar-refractivity contribution in [1.82, 2.24) is 5.32 Å². The number of rotatable bonds is 7. The van der Waals surface area contributed by atoms with Gasteiger partial charge in [-0.1, -0.05) is 44.6 Å². The van der Waals surface area contributed by atoms with Crippen LogP contribution in [-0.4, -0.2) is 12.6 Å². The molecular weight excluding hydrogens is 158 g/mol. The molecule has 0 saturated carbocycles. The van der Waals surface area contributed by atoms with Crippen LogP contribution in [0.5, 0.6) is 0 Å². The van der Waals surface area contributed by atoms with Crippen LogP contribution < -0.4 is 5.32 Å². The Morgan fingerprint density at radius 3 is 2.62 bits per heavy atom. The first kappa shape index (κ1) is 12.4. The minimum atomic E-state index is 0.441. The largest absolute Gasteiger partial charge is 0.307 e. The highest BCUT2D eigenvalue weighted by Crippen LogP contribution is 2.02. The summed E-state index contributed by atoms with van der Waals surface area (Å²) in [6.07, 6.45) is 7.91. The normalized spacial score (nSPS) is 13.5. The molecule has 0 rings (SSSR count). The lowest BCUT2D eigenvalue weighted by atomic mass is 10.1. The molecule has 0 aliphatic carbocycles. The van der Waals surface area contributed by atoms with Crippen LogP contribution in [0, 0.1) is 0 Å². The molecular formula is C12H23N. The molecule has 0 spiro atoms. The van der Waals surface area contributed by atoms with E-state index in [1.54, 1.807) is 0 Å². The van der Waals surface area contributed by atoms with Crippen molar-refractivity contribution in [3.8, 4) is 0 Å². The molecule has 0 heterocycles. The van der Waals surface area contributed by atoms with E-state index >= 15 is 0 Å². The summed E-state index contributed by atoms with van der Waals surface area (Å²) in [5, 5.41) is 3.41. The maximum atomic E-state index is 4.00. The highest BCUT2D eigenvalue weighted by atomic mass is 14.9. The average molecular weight is 181 g/mol. The molecule has 1 atom stereocenters. The highest BCUT2D eigenvalue weighted by molar-refractivity contribution is 5.03. The molecule has 0 aromatic heterocycles. The van der Waals surface area contributed by atoms with Gasteiger partial charge in [0.2, 0.25) is 0 Å². The predicted octanol–water partition coefficient (Wildman–Crippen LogP) is 3.29. The molecule has 13 heavy (non-hydrogen) atoms. The van der Waals surface area contributed by atoms with E-state index in [1.807, 2.05) is 0 Å². The number of nitrogens with one attached hydrogen (secondary N) is 1. The molecule has 0 radical (unpaired) electrons. The molecule has 1 N–H and O–H groups in total. The molecule has 0 bridgehead atoms. The smallest absolute Gasteiger partial charge is 0.0251 e. The Morgan fingerprint density at radius 1 is 1.38 bits per heavy atom. The van der Waals surface area contributed by atoms with Gasteiger partial charge in [0.15, 0.2) is 0 Å². The lowest BCUT2D eigenvalue weighted by molar-refractivity contribution is 0.639. The molecule has 0 aliphatic rings. The van der Waals surface area contributed by atoms with Gasteiger partial charge in [-0.05, 0) is 19.8 Å². The van der Waals surface area contributed by atoms with Crippen molar-refractivity contribution < 1.29 is 0 Å². The Kier molecular flexibility index (Phi) is 7.71. The van der Waals surface area contributed by atoms with Crippen molar-refractivity contribution in [1.29, 1.82) is 0 Å². The Labute approximate surface area is 82.9 Å². The van der Waals surface area contributed by atoms with E-state index in [1.165, 1.54) is 18.4 Å². The fourth-order valence-corrected chi connectivity index (χ4v) is 1.06. The zero-order valence-corrected chi connectivity index (χ0v) is 9.27. The van der Waals surface area contributed by atoms with E-state index in [0.717, 1.165) is 13.0 Å². The first-order chi connectivity index (χ1) is 6.22. The van der Waals surface area contributed by atoms with Gasteiger partial charge >= 0.3 is 0 Å². The van der Waals surface area contributed by atoms with Crippen molar-refractivity contribution in [2.24, 2.45) is 0 Å². The van der Waals surface area contributed by atoms with Crippen LogP contribution >= 0.6 is 0 Å². The van der Waals surface area contributed by atoms with Crippen LogP contribution in [-0.2, 0) is 0 Å². The fourth-order valence-electron chi connectivity index (χ4n) is 1.06. The molecule has 0 saturated heterocycles. The quantitative estimate of drug-likeness (QED) is 0.594. The van der Waals surface area contributed by atoms with Crippen LogP contribution in [0.4, 0.5) is 0 Å². The molecule has 1 unspecified atom stereocenters. The average Bonchev–Trinajstić information content (AvgIpc) is 2.16. The second-order valence-corrected chi connectivity index (χ2v) is 3.40. The summed E-state index contributed by atoms with van der Waals surface area (Å²) in [6, 6.07) is 0.441. The Morgan fingerprint density at radius 2 is 2.08 bits per heavy atom. The van der Waals surface area contributed by atoms with Crippen LogP contribution in [0.1, 0.15) is 40.0 Å². The summed E-state index contributed by atoms with van der Waals surface area (Å²) in [7, 11) is 0. The van der Waals surface area contributed by atoms with Crippen molar-refractivity contribution in [3.63, 3.8) is 0 Å². The van der Waals surface area contributed by atoms with Gasteiger partial charge in [0, 0.05) is 12.6 Å². The van der Waals surface area contributed by atoms with Gasteiger partial charge in [-0.3, -0.25) is 0 Å². The third-order valence-electron chi connectivity index (χ3n) is 2.23. The summed E-state index contributed by atoms with van der Waals surface area (Å²) < 4.78 is 0. The monoisotopic (exact) mass is 181 g/mol. The molecule has 1 nitrogen and oxygen atoms in total. The summed E-state index contributed by atoms with van der Waals surface area (Å²) in [5.41, 5.74) is 1.28. The molecule has 0 aromatic rings. The Hall–Kier alpha value is -0.560. The van der Waals surface area contributed by atoms with Crippen molar-refractivity contribution in [3.05, 3.63) is 24.3 Å². The van der Waals surface area contributed by atoms with Gasteiger partial charge in [0.1, 0.15) is 0 Å². The van der Waals surface area contributed by atoms with Gasteiger partial charge in [0.05, 0.1) is 0 Å². The van der Waals surface area contributed by atoms with E-state index < -0.39 is 0 Å². The van der Waals surface area contributed by atoms with Gasteiger partial charge < -0.3 is 5.32 Å². The molecule has 0 fully saturated rings. The molecule has 1 heteroatoms. The molecule has 0 aliphatic heterocycles. The topological polar surface area (TPSA) is 12.0 Å². The summed E-state index contributed by atoms with van der Waals surface area (Å²) in [4.78, 5) is 0. The maximum Gasteiger partial charge on any atom is 0.0251 e. The van der Waals surface area contributed by atoms with E-state index in [9.17, 15) is 0 Å². The third-order valence-corrected chi connectivity index (χ3v) is 2.23. The Balaban J connectivity index is 3.47. The zero-order chi connectivity index (χ0) is 10.1. The summed E-state index contributed by atoms with van der Waals surface area (Å²) in [6.45, 7) is 11.5.